The van der Waals surface area contributed by atoms with Gasteiger partial charge in [0.1, 0.15) is 0 Å². The summed E-state index contributed by atoms with van der Waals surface area (Å²) in [5.74, 6) is 0.648. The summed E-state index contributed by atoms with van der Waals surface area (Å²) in [6.45, 7) is 1.93. The van der Waals surface area contributed by atoms with Gasteiger partial charge in [-0.2, -0.15) is 5.26 Å². The van der Waals surface area contributed by atoms with E-state index in [0.717, 1.165) is 11.4 Å². The summed E-state index contributed by atoms with van der Waals surface area (Å²) in [5.41, 5.74) is 2.53. The van der Waals surface area contributed by atoms with E-state index in [-0.39, 0.29) is 0 Å². The van der Waals surface area contributed by atoms with Crippen molar-refractivity contribution in [3.05, 3.63) is 47.8 Å². The highest BCUT2D eigenvalue weighted by Crippen LogP contribution is 2.19. The molecule has 17 heavy (non-hydrogen) atoms. The maximum Gasteiger partial charge on any atom is 0.229 e. The Labute approximate surface area is 100 Å². The standard InChI is InChI=1S/C13H12N4/c1-10-7-8-15-13(16-10)17(2)12-5-3-11(9-14)4-6-12/h3-8H,1-2H3. The largest absolute Gasteiger partial charge is 0.314 e. The van der Waals surface area contributed by atoms with Gasteiger partial charge in [-0.15, -0.1) is 0 Å². The second kappa shape index (κ2) is 4.62. The van der Waals surface area contributed by atoms with E-state index in [1.54, 1.807) is 18.3 Å². The average Bonchev–Trinajstić information content (AvgIpc) is 2.38. The first kappa shape index (κ1) is 11.1. The van der Waals surface area contributed by atoms with Crippen LogP contribution in [0, 0.1) is 18.3 Å². The molecule has 1 aromatic heterocycles. The van der Waals surface area contributed by atoms with Crippen molar-refractivity contribution in [2.24, 2.45) is 0 Å². The summed E-state index contributed by atoms with van der Waals surface area (Å²) in [5, 5.41) is 8.73. The minimum atomic E-state index is 0.646. The number of aryl methyl sites for hydroxylation is 1. The van der Waals surface area contributed by atoms with Crippen molar-refractivity contribution in [3.63, 3.8) is 0 Å². The highest BCUT2D eigenvalue weighted by molar-refractivity contribution is 5.57. The molecule has 2 rings (SSSR count). The van der Waals surface area contributed by atoms with Gasteiger partial charge < -0.3 is 4.90 Å². The van der Waals surface area contributed by atoms with Gasteiger partial charge in [0.25, 0.3) is 0 Å². The van der Waals surface area contributed by atoms with E-state index >= 15 is 0 Å². The summed E-state index contributed by atoms with van der Waals surface area (Å²) in [6.07, 6.45) is 1.73. The minimum Gasteiger partial charge on any atom is -0.314 e. The number of rotatable bonds is 2. The van der Waals surface area contributed by atoms with Crippen molar-refractivity contribution in [2.75, 3.05) is 11.9 Å². The van der Waals surface area contributed by atoms with E-state index in [1.807, 2.05) is 37.1 Å². The van der Waals surface area contributed by atoms with Crippen LogP contribution in [0.4, 0.5) is 11.6 Å². The predicted molar refractivity (Wildman–Crippen MR) is 66.0 cm³/mol. The van der Waals surface area contributed by atoms with Crippen LogP contribution >= 0.6 is 0 Å². The van der Waals surface area contributed by atoms with Crippen LogP contribution in [0.1, 0.15) is 11.3 Å². The first-order valence-corrected chi connectivity index (χ1v) is 5.24. The normalized spacial score (nSPS) is 9.71. The fraction of sp³-hybridized carbons (Fsp3) is 0.154. The number of benzene rings is 1. The second-order valence-corrected chi connectivity index (χ2v) is 3.72. The smallest absolute Gasteiger partial charge is 0.229 e. The van der Waals surface area contributed by atoms with Crippen LogP contribution in [0.5, 0.6) is 0 Å². The number of nitrogens with zero attached hydrogens (tertiary/aromatic N) is 4. The zero-order valence-electron chi connectivity index (χ0n) is 9.75. The topological polar surface area (TPSA) is 52.8 Å². The first-order chi connectivity index (χ1) is 8.20. The molecule has 0 spiro atoms. The molecule has 0 aliphatic heterocycles. The minimum absolute atomic E-state index is 0.646. The molecule has 84 valence electrons. The van der Waals surface area contributed by atoms with Crippen molar-refractivity contribution in [3.8, 4) is 6.07 Å². The quantitative estimate of drug-likeness (QED) is 0.786. The monoisotopic (exact) mass is 224 g/mol. The van der Waals surface area contributed by atoms with Crippen molar-refractivity contribution in [1.29, 1.82) is 5.26 Å². The molecule has 0 amide bonds. The SMILES string of the molecule is Cc1ccnc(N(C)c2ccc(C#N)cc2)n1. The van der Waals surface area contributed by atoms with E-state index in [9.17, 15) is 0 Å². The van der Waals surface area contributed by atoms with Gasteiger partial charge in [0.15, 0.2) is 0 Å². The summed E-state index contributed by atoms with van der Waals surface area (Å²) < 4.78 is 0. The Morgan fingerprint density at radius 2 is 1.88 bits per heavy atom. The molecule has 0 radical (unpaired) electrons. The second-order valence-electron chi connectivity index (χ2n) is 3.72. The fourth-order valence-corrected chi connectivity index (χ4v) is 1.47. The van der Waals surface area contributed by atoms with Gasteiger partial charge in [0, 0.05) is 24.6 Å². The molecule has 0 fully saturated rings. The molecule has 4 heteroatoms. The molecule has 1 heterocycles. The molecule has 0 bridgehead atoms. The van der Waals surface area contributed by atoms with Crippen molar-refractivity contribution in [2.45, 2.75) is 6.92 Å². The third-order valence-corrected chi connectivity index (χ3v) is 2.47. The Balaban J connectivity index is 2.30. The third-order valence-electron chi connectivity index (χ3n) is 2.47. The summed E-state index contributed by atoms with van der Waals surface area (Å²) in [6, 6.07) is 11.3. The number of anilines is 2. The van der Waals surface area contributed by atoms with Crippen LogP contribution in [0.15, 0.2) is 36.5 Å². The zero-order chi connectivity index (χ0) is 12.3. The van der Waals surface area contributed by atoms with Gasteiger partial charge in [-0.05, 0) is 37.3 Å². The first-order valence-electron chi connectivity index (χ1n) is 5.24. The molecule has 4 nitrogen and oxygen atoms in total. The lowest BCUT2D eigenvalue weighted by Crippen LogP contribution is -2.13. The van der Waals surface area contributed by atoms with E-state index in [4.69, 9.17) is 5.26 Å². The molecule has 0 unspecified atom stereocenters. The number of hydrogen-bond donors (Lipinski definition) is 0. The third kappa shape index (κ3) is 2.40. The van der Waals surface area contributed by atoms with E-state index in [1.165, 1.54) is 0 Å². The van der Waals surface area contributed by atoms with Gasteiger partial charge in [0.2, 0.25) is 5.95 Å². The van der Waals surface area contributed by atoms with Crippen LogP contribution in [0.3, 0.4) is 0 Å². The molecule has 0 saturated carbocycles. The zero-order valence-corrected chi connectivity index (χ0v) is 9.75. The predicted octanol–water partition coefficient (Wildman–Crippen LogP) is 2.42. The van der Waals surface area contributed by atoms with Gasteiger partial charge in [0.05, 0.1) is 11.6 Å². The molecular formula is C13H12N4. The Kier molecular flexibility index (Phi) is 3.01. The molecule has 0 aliphatic carbocycles. The highest BCUT2D eigenvalue weighted by atomic mass is 15.2. The van der Waals surface area contributed by atoms with E-state index in [2.05, 4.69) is 16.0 Å². The number of aromatic nitrogens is 2. The van der Waals surface area contributed by atoms with Crippen LogP contribution < -0.4 is 4.90 Å². The molecule has 0 atom stereocenters. The van der Waals surface area contributed by atoms with E-state index < -0.39 is 0 Å². The van der Waals surface area contributed by atoms with Crippen molar-refractivity contribution >= 4 is 11.6 Å². The van der Waals surface area contributed by atoms with Crippen molar-refractivity contribution in [1.82, 2.24) is 9.97 Å². The molecular weight excluding hydrogens is 212 g/mol. The number of hydrogen-bond acceptors (Lipinski definition) is 4. The summed E-state index contributed by atoms with van der Waals surface area (Å²) in [7, 11) is 1.90. The Morgan fingerprint density at radius 1 is 1.18 bits per heavy atom. The van der Waals surface area contributed by atoms with Gasteiger partial charge in [-0.1, -0.05) is 0 Å². The van der Waals surface area contributed by atoms with Crippen LogP contribution in [0.2, 0.25) is 0 Å². The molecule has 1 aromatic carbocycles. The Hall–Kier alpha value is -2.41. The highest BCUT2D eigenvalue weighted by Gasteiger charge is 2.06. The molecule has 2 aromatic rings. The lowest BCUT2D eigenvalue weighted by atomic mass is 10.2. The maximum absolute atomic E-state index is 8.73. The van der Waals surface area contributed by atoms with Crippen molar-refractivity contribution < 1.29 is 0 Å². The molecule has 0 aliphatic rings. The van der Waals surface area contributed by atoms with Gasteiger partial charge in [-0.25, -0.2) is 9.97 Å². The van der Waals surface area contributed by atoms with Gasteiger partial charge in [-0.3, -0.25) is 0 Å². The van der Waals surface area contributed by atoms with Crippen LogP contribution in [-0.2, 0) is 0 Å². The Bertz CT molecular complexity index is 554. The molecule has 0 N–H and O–H groups in total. The fourth-order valence-electron chi connectivity index (χ4n) is 1.47. The average molecular weight is 224 g/mol. The number of nitriles is 1. The molecule has 0 saturated heterocycles. The Morgan fingerprint density at radius 3 is 2.47 bits per heavy atom. The van der Waals surface area contributed by atoms with Crippen LogP contribution in [-0.4, -0.2) is 17.0 Å². The maximum atomic E-state index is 8.73. The lowest BCUT2D eigenvalue weighted by Gasteiger charge is -2.17. The van der Waals surface area contributed by atoms with E-state index in [0.29, 0.717) is 11.5 Å². The van der Waals surface area contributed by atoms with Gasteiger partial charge >= 0.3 is 0 Å². The van der Waals surface area contributed by atoms with Crippen LogP contribution in [0.25, 0.3) is 0 Å². The summed E-state index contributed by atoms with van der Waals surface area (Å²) >= 11 is 0. The summed E-state index contributed by atoms with van der Waals surface area (Å²) in [4.78, 5) is 10.4. The lowest BCUT2D eigenvalue weighted by molar-refractivity contribution is 1.01.